The van der Waals surface area contributed by atoms with Gasteiger partial charge in [-0.05, 0) is 37.3 Å². The lowest BCUT2D eigenvalue weighted by Crippen LogP contribution is -2.27. The van der Waals surface area contributed by atoms with Crippen LogP contribution in [-0.2, 0) is 4.84 Å². The second kappa shape index (κ2) is 4.89. The molecule has 1 saturated heterocycles. The van der Waals surface area contributed by atoms with Crippen molar-refractivity contribution in [3.8, 4) is 0 Å². The molecule has 1 amide bonds. The number of hydrogen-bond acceptors (Lipinski definition) is 3. The molecular formula is C12H15NO2S. The molecule has 1 aromatic carbocycles. The van der Waals surface area contributed by atoms with E-state index in [-0.39, 0.29) is 5.91 Å². The minimum Gasteiger partial charge on any atom is -0.271 e. The molecule has 0 aromatic heterocycles. The number of amides is 1. The zero-order valence-corrected chi connectivity index (χ0v) is 10.3. The maximum Gasteiger partial charge on any atom is 0.277 e. The summed E-state index contributed by atoms with van der Waals surface area (Å²) in [5.41, 5.74) is 1.74. The summed E-state index contributed by atoms with van der Waals surface area (Å²) in [6.07, 6.45) is 2.93. The SMILES string of the molecule is CSc1ccc(C)c(C(=O)N2CCCO2)c1. The Morgan fingerprint density at radius 2 is 2.31 bits per heavy atom. The summed E-state index contributed by atoms with van der Waals surface area (Å²) in [7, 11) is 0. The van der Waals surface area contributed by atoms with Gasteiger partial charge in [0.15, 0.2) is 0 Å². The van der Waals surface area contributed by atoms with Crippen molar-refractivity contribution in [2.45, 2.75) is 18.2 Å². The van der Waals surface area contributed by atoms with Crippen LogP contribution in [0.3, 0.4) is 0 Å². The van der Waals surface area contributed by atoms with Crippen molar-refractivity contribution >= 4 is 17.7 Å². The molecule has 0 spiro atoms. The van der Waals surface area contributed by atoms with Crippen molar-refractivity contribution in [2.75, 3.05) is 19.4 Å². The van der Waals surface area contributed by atoms with Gasteiger partial charge < -0.3 is 0 Å². The number of thioether (sulfide) groups is 1. The van der Waals surface area contributed by atoms with Crippen LogP contribution in [0.2, 0.25) is 0 Å². The van der Waals surface area contributed by atoms with Gasteiger partial charge in [-0.25, -0.2) is 5.06 Å². The van der Waals surface area contributed by atoms with Crippen molar-refractivity contribution in [1.29, 1.82) is 0 Å². The second-order valence-corrected chi connectivity index (χ2v) is 4.65. The van der Waals surface area contributed by atoms with Crippen LogP contribution in [0.15, 0.2) is 23.1 Å². The summed E-state index contributed by atoms with van der Waals surface area (Å²) >= 11 is 1.64. The fourth-order valence-electron chi connectivity index (χ4n) is 1.70. The van der Waals surface area contributed by atoms with Crippen molar-refractivity contribution in [3.63, 3.8) is 0 Å². The molecule has 0 radical (unpaired) electrons. The highest BCUT2D eigenvalue weighted by molar-refractivity contribution is 7.98. The van der Waals surface area contributed by atoms with Crippen LogP contribution in [0.5, 0.6) is 0 Å². The average Bonchev–Trinajstić information content (AvgIpc) is 2.82. The number of hydroxylamine groups is 2. The Hall–Kier alpha value is -1.00. The largest absolute Gasteiger partial charge is 0.277 e. The first kappa shape index (κ1) is 11.5. The first-order chi connectivity index (χ1) is 7.72. The first-order valence-electron chi connectivity index (χ1n) is 5.32. The van der Waals surface area contributed by atoms with E-state index >= 15 is 0 Å². The normalized spacial score (nSPS) is 15.5. The molecule has 16 heavy (non-hydrogen) atoms. The van der Waals surface area contributed by atoms with Gasteiger partial charge in [-0.2, -0.15) is 0 Å². The molecule has 4 heteroatoms. The third-order valence-corrected chi connectivity index (χ3v) is 3.38. The highest BCUT2D eigenvalue weighted by atomic mass is 32.2. The summed E-state index contributed by atoms with van der Waals surface area (Å²) in [6, 6.07) is 5.95. The number of hydrogen-bond donors (Lipinski definition) is 0. The van der Waals surface area contributed by atoms with Gasteiger partial charge in [-0.1, -0.05) is 6.07 Å². The van der Waals surface area contributed by atoms with E-state index in [1.54, 1.807) is 11.8 Å². The van der Waals surface area contributed by atoms with Gasteiger partial charge in [0.05, 0.1) is 13.2 Å². The minimum atomic E-state index is -0.0223. The van der Waals surface area contributed by atoms with Gasteiger partial charge >= 0.3 is 0 Å². The molecule has 0 bridgehead atoms. The Morgan fingerprint density at radius 1 is 1.50 bits per heavy atom. The molecule has 2 rings (SSSR count). The standard InChI is InChI=1S/C12H15NO2S/c1-9-4-5-10(16-2)8-11(9)12(14)13-6-3-7-15-13/h4-5,8H,3,6-7H2,1-2H3. The van der Waals surface area contributed by atoms with Crippen LogP contribution in [0, 0.1) is 6.92 Å². The number of carbonyl (C=O) groups is 1. The van der Waals surface area contributed by atoms with E-state index in [0.717, 1.165) is 22.4 Å². The minimum absolute atomic E-state index is 0.0223. The molecular weight excluding hydrogens is 222 g/mol. The molecule has 1 aromatic rings. The predicted octanol–water partition coefficient (Wildman–Crippen LogP) is 2.49. The number of aryl methyl sites for hydroxylation is 1. The summed E-state index contributed by atoms with van der Waals surface area (Å²) in [5.74, 6) is -0.0223. The van der Waals surface area contributed by atoms with E-state index in [1.807, 2.05) is 31.4 Å². The highest BCUT2D eigenvalue weighted by Crippen LogP contribution is 2.21. The highest BCUT2D eigenvalue weighted by Gasteiger charge is 2.22. The van der Waals surface area contributed by atoms with Crippen molar-refractivity contribution in [3.05, 3.63) is 29.3 Å². The summed E-state index contributed by atoms with van der Waals surface area (Å²) in [6.45, 7) is 3.29. The summed E-state index contributed by atoms with van der Waals surface area (Å²) in [4.78, 5) is 18.5. The second-order valence-electron chi connectivity index (χ2n) is 3.77. The molecule has 1 aliphatic rings. The van der Waals surface area contributed by atoms with E-state index in [4.69, 9.17) is 4.84 Å². The Morgan fingerprint density at radius 3 is 2.94 bits per heavy atom. The molecule has 1 fully saturated rings. The topological polar surface area (TPSA) is 29.5 Å². The van der Waals surface area contributed by atoms with Crippen LogP contribution >= 0.6 is 11.8 Å². The fraction of sp³-hybridized carbons (Fsp3) is 0.417. The lowest BCUT2D eigenvalue weighted by atomic mass is 10.1. The summed E-state index contributed by atoms with van der Waals surface area (Å²) in [5, 5.41) is 1.46. The van der Waals surface area contributed by atoms with E-state index in [0.29, 0.717) is 13.2 Å². The Kier molecular flexibility index (Phi) is 3.51. The van der Waals surface area contributed by atoms with Gasteiger partial charge in [-0.3, -0.25) is 9.63 Å². The Balaban J connectivity index is 2.27. The van der Waals surface area contributed by atoms with Gasteiger partial charge in [0.1, 0.15) is 0 Å². The molecule has 3 nitrogen and oxygen atoms in total. The first-order valence-corrected chi connectivity index (χ1v) is 6.54. The number of benzene rings is 1. The van der Waals surface area contributed by atoms with Gasteiger partial charge in [0, 0.05) is 10.5 Å². The number of rotatable bonds is 2. The van der Waals surface area contributed by atoms with Crippen LogP contribution in [0.25, 0.3) is 0 Å². The van der Waals surface area contributed by atoms with Crippen LogP contribution in [-0.4, -0.2) is 30.4 Å². The van der Waals surface area contributed by atoms with Gasteiger partial charge in [0.25, 0.3) is 5.91 Å². The maximum absolute atomic E-state index is 12.1. The van der Waals surface area contributed by atoms with Crippen molar-refractivity contribution in [2.24, 2.45) is 0 Å². The van der Waals surface area contributed by atoms with E-state index < -0.39 is 0 Å². The lowest BCUT2D eigenvalue weighted by Gasteiger charge is -2.15. The molecule has 1 aliphatic heterocycles. The van der Waals surface area contributed by atoms with Gasteiger partial charge in [-0.15, -0.1) is 11.8 Å². The van der Waals surface area contributed by atoms with E-state index in [2.05, 4.69) is 0 Å². The van der Waals surface area contributed by atoms with Gasteiger partial charge in [0.2, 0.25) is 0 Å². The Bertz CT molecular complexity index is 400. The van der Waals surface area contributed by atoms with Crippen molar-refractivity contribution < 1.29 is 9.63 Å². The zero-order valence-electron chi connectivity index (χ0n) is 9.53. The quantitative estimate of drug-likeness (QED) is 0.740. The maximum atomic E-state index is 12.1. The third-order valence-electron chi connectivity index (χ3n) is 2.65. The lowest BCUT2D eigenvalue weighted by molar-refractivity contribution is -0.0769. The molecule has 0 unspecified atom stereocenters. The van der Waals surface area contributed by atoms with Crippen molar-refractivity contribution in [1.82, 2.24) is 5.06 Å². The molecule has 0 atom stereocenters. The Labute approximate surface area is 99.7 Å². The molecule has 0 N–H and O–H groups in total. The van der Waals surface area contributed by atoms with Crippen LogP contribution < -0.4 is 0 Å². The van der Waals surface area contributed by atoms with E-state index in [1.165, 1.54) is 5.06 Å². The predicted molar refractivity (Wildman–Crippen MR) is 64.6 cm³/mol. The van der Waals surface area contributed by atoms with Crippen LogP contribution in [0.4, 0.5) is 0 Å². The zero-order chi connectivity index (χ0) is 11.5. The molecule has 86 valence electrons. The van der Waals surface area contributed by atoms with Crippen LogP contribution in [0.1, 0.15) is 22.3 Å². The average molecular weight is 237 g/mol. The fourth-order valence-corrected chi connectivity index (χ4v) is 2.14. The number of carbonyl (C=O) groups excluding carboxylic acids is 1. The van der Waals surface area contributed by atoms with E-state index in [9.17, 15) is 4.79 Å². The molecule has 0 saturated carbocycles. The monoisotopic (exact) mass is 237 g/mol. The number of nitrogens with zero attached hydrogens (tertiary/aromatic N) is 1. The third kappa shape index (κ3) is 2.23. The molecule has 1 heterocycles. The smallest absolute Gasteiger partial charge is 0.271 e. The molecule has 0 aliphatic carbocycles. The summed E-state index contributed by atoms with van der Waals surface area (Å²) < 4.78 is 0.